The SMILES string of the molecule is OCC(O)COC(O)C(O)COC(O)C(O)COC(O)C(O)COC(O)C(O)COCCCCCCCCCCC(F)F. The van der Waals surface area contributed by atoms with Crippen molar-refractivity contribution in [1.29, 1.82) is 0 Å². The number of aliphatic hydroxyl groups excluding tert-OH is 10. The molecule has 9 unspecified atom stereocenters. The van der Waals surface area contributed by atoms with Gasteiger partial charge in [0, 0.05) is 13.0 Å². The van der Waals surface area contributed by atoms with E-state index in [2.05, 4.69) is 4.74 Å². The van der Waals surface area contributed by atoms with E-state index in [0.29, 0.717) is 13.0 Å². The summed E-state index contributed by atoms with van der Waals surface area (Å²) in [4.78, 5) is 0. The third-order valence-corrected chi connectivity index (χ3v) is 6.05. The second-order valence-corrected chi connectivity index (χ2v) is 10.1. The number of hydrogen-bond donors (Lipinski definition) is 10. The minimum absolute atomic E-state index is 0.0455. The van der Waals surface area contributed by atoms with Crippen LogP contribution in [0.15, 0.2) is 0 Å². The summed E-state index contributed by atoms with van der Waals surface area (Å²) in [6.07, 6.45) is -10.7. The Morgan fingerprint density at radius 1 is 0.442 bits per heavy atom. The summed E-state index contributed by atoms with van der Waals surface area (Å²) < 4.78 is 48.6. The molecular formula is C26H52F2O15. The number of halogens is 2. The van der Waals surface area contributed by atoms with Gasteiger partial charge in [0.25, 0.3) is 0 Å². The van der Waals surface area contributed by atoms with E-state index in [1.807, 2.05) is 0 Å². The molecule has 17 heteroatoms. The topological polar surface area (TPSA) is 248 Å². The molecule has 0 radical (unpaired) electrons. The second-order valence-electron chi connectivity index (χ2n) is 10.1. The summed E-state index contributed by atoms with van der Waals surface area (Å²) in [6, 6.07) is 0. The van der Waals surface area contributed by atoms with Crippen LogP contribution in [-0.4, -0.2) is 159 Å². The first-order valence-electron chi connectivity index (χ1n) is 14.4. The van der Waals surface area contributed by atoms with Gasteiger partial charge in [0.1, 0.15) is 30.5 Å². The van der Waals surface area contributed by atoms with Gasteiger partial charge in [0.15, 0.2) is 25.2 Å². The highest BCUT2D eigenvalue weighted by Crippen LogP contribution is 2.12. The van der Waals surface area contributed by atoms with Gasteiger partial charge < -0.3 is 74.7 Å². The van der Waals surface area contributed by atoms with Gasteiger partial charge in [-0.25, -0.2) is 8.78 Å². The smallest absolute Gasteiger partial charge is 0.238 e. The minimum atomic E-state index is -2.23. The average Bonchev–Trinajstić information content (AvgIpc) is 2.99. The van der Waals surface area contributed by atoms with Crippen molar-refractivity contribution in [3.05, 3.63) is 0 Å². The van der Waals surface area contributed by atoms with E-state index in [1.54, 1.807) is 0 Å². The van der Waals surface area contributed by atoms with Crippen molar-refractivity contribution in [1.82, 2.24) is 0 Å². The Bertz CT molecular complexity index is 627. The van der Waals surface area contributed by atoms with Crippen molar-refractivity contribution < 1.29 is 83.5 Å². The standard InChI is InChI=1S/C26H52F2O15/c27-22(28)9-7-5-3-1-2-4-6-8-10-39-13-18(31)23(35)41-15-20(33)25(37)43-16-21(34)26(38)42-14-19(32)24(36)40-12-17(30)11-29/h17-26,29-38H,1-16H2. The third-order valence-electron chi connectivity index (χ3n) is 6.05. The number of rotatable bonds is 30. The highest BCUT2D eigenvalue weighted by atomic mass is 19.3. The van der Waals surface area contributed by atoms with Crippen LogP contribution in [-0.2, 0) is 23.7 Å². The number of hydrogen-bond acceptors (Lipinski definition) is 15. The van der Waals surface area contributed by atoms with Crippen molar-refractivity contribution in [3.8, 4) is 0 Å². The lowest BCUT2D eigenvalue weighted by atomic mass is 10.1. The number of alkyl halides is 2. The molecule has 15 nitrogen and oxygen atoms in total. The Hall–Kier alpha value is -0.740. The number of aliphatic hydroxyl groups is 10. The number of ether oxygens (including phenoxy) is 5. The van der Waals surface area contributed by atoms with Crippen LogP contribution >= 0.6 is 0 Å². The maximum atomic E-state index is 12.0. The molecule has 10 N–H and O–H groups in total. The molecule has 0 aliphatic rings. The fourth-order valence-corrected chi connectivity index (χ4v) is 3.39. The van der Waals surface area contributed by atoms with Crippen LogP contribution < -0.4 is 0 Å². The third kappa shape index (κ3) is 23.3. The molecule has 0 aliphatic heterocycles. The molecule has 0 amide bonds. The van der Waals surface area contributed by atoms with Crippen molar-refractivity contribution in [2.45, 2.75) is 120 Å². The molecule has 0 saturated carbocycles. The van der Waals surface area contributed by atoms with Crippen molar-refractivity contribution in [3.63, 3.8) is 0 Å². The lowest BCUT2D eigenvalue weighted by Crippen LogP contribution is -2.42. The molecule has 9 atom stereocenters. The molecule has 0 aromatic rings. The monoisotopic (exact) mass is 642 g/mol. The molecule has 0 fully saturated rings. The molecule has 0 spiro atoms. The first-order valence-corrected chi connectivity index (χ1v) is 14.4. The van der Waals surface area contributed by atoms with Crippen molar-refractivity contribution in [2.24, 2.45) is 0 Å². The highest BCUT2D eigenvalue weighted by molar-refractivity contribution is 4.66. The fourth-order valence-electron chi connectivity index (χ4n) is 3.39. The Morgan fingerprint density at radius 2 is 0.791 bits per heavy atom. The minimum Gasteiger partial charge on any atom is -0.394 e. The molecule has 0 aliphatic carbocycles. The normalized spacial score (nSPS) is 18.6. The zero-order valence-electron chi connectivity index (χ0n) is 24.4. The molecule has 0 heterocycles. The largest absolute Gasteiger partial charge is 0.394 e. The lowest BCUT2D eigenvalue weighted by Gasteiger charge is -2.25. The first-order chi connectivity index (χ1) is 20.4. The van der Waals surface area contributed by atoms with E-state index in [1.165, 1.54) is 0 Å². The van der Waals surface area contributed by atoms with E-state index >= 15 is 0 Å². The summed E-state index contributed by atoms with van der Waals surface area (Å²) in [5, 5.41) is 96.2. The molecule has 0 saturated heterocycles. The van der Waals surface area contributed by atoms with Gasteiger partial charge in [-0.1, -0.05) is 38.5 Å². The van der Waals surface area contributed by atoms with Gasteiger partial charge in [-0.2, -0.15) is 0 Å². The molecule has 0 aromatic heterocycles. The van der Waals surface area contributed by atoms with E-state index in [-0.39, 0.29) is 13.0 Å². The van der Waals surface area contributed by atoms with Crippen molar-refractivity contribution in [2.75, 3.05) is 46.2 Å². The molecule has 43 heavy (non-hydrogen) atoms. The highest BCUT2D eigenvalue weighted by Gasteiger charge is 2.26. The molecule has 0 rings (SSSR count). The summed E-state index contributed by atoms with van der Waals surface area (Å²) in [5.74, 6) is 0. The van der Waals surface area contributed by atoms with Crippen LogP contribution in [0.5, 0.6) is 0 Å². The average molecular weight is 643 g/mol. The van der Waals surface area contributed by atoms with Crippen LogP contribution in [0.4, 0.5) is 8.78 Å². The quantitative estimate of drug-likeness (QED) is 0.0298. The van der Waals surface area contributed by atoms with E-state index in [9.17, 15) is 49.6 Å². The van der Waals surface area contributed by atoms with Crippen LogP contribution in [0.2, 0.25) is 0 Å². The van der Waals surface area contributed by atoms with Gasteiger partial charge >= 0.3 is 0 Å². The van der Waals surface area contributed by atoms with E-state index in [4.69, 9.17) is 29.2 Å². The molecule has 260 valence electrons. The van der Waals surface area contributed by atoms with Crippen LogP contribution in [0.3, 0.4) is 0 Å². The van der Waals surface area contributed by atoms with E-state index in [0.717, 1.165) is 44.9 Å². The lowest BCUT2D eigenvalue weighted by molar-refractivity contribution is -0.245. The Balaban J connectivity index is 3.95. The summed E-state index contributed by atoms with van der Waals surface area (Å²) in [5.41, 5.74) is 0. The fraction of sp³-hybridized carbons (Fsp3) is 1.00. The second kappa shape index (κ2) is 26.5. The predicted octanol–water partition coefficient (Wildman–Crippen LogP) is -2.08. The molecule has 0 aromatic carbocycles. The summed E-state index contributed by atoms with van der Waals surface area (Å²) in [6.45, 7) is -3.16. The van der Waals surface area contributed by atoms with Gasteiger partial charge in [0.2, 0.25) is 6.43 Å². The predicted molar refractivity (Wildman–Crippen MR) is 143 cm³/mol. The molecule has 0 bridgehead atoms. The summed E-state index contributed by atoms with van der Waals surface area (Å²) in [7, 11) is 0. The van der Waals surface area contributed by atoms with Gasteiger partial charge in [-0.05, 0) is 12.8 Å². The Kier molecular flexibility index (Phi) is 26.0. The van der Waals surface area contributed by atoms with Crippen LogP contribution in [0.1, 0.15) is 57.8 Å². The Morgan fingerprint density at radius 3 is 1.19 bits per heavy atom. The summed E-state index contributed by atoms with van der Waals surface area (Å²) >= 11 is 0. The molecular weight excluding hydrogens is 590 g/mol. The number of unbranched alkanes of at least 4 members (excludes halogenated alkanes) is 7. The Labute approximate surface area is 250 Å². The first kappa shape index (κ1) is 42.3. The zero-order chi connectivity index (χ0) is 32.6. The van der Waals surface area contributed by atoms with E-state index < -0.39 is 95.1 Å². The van der Waals surface area contributed by atoms with Crippen LogP contribution in [0.25, 0.3) is 0 Å². The maximum absolute atomic E-state index is 12.0. The van der Waals surface area contributed by atoms with Gasteiger partial charge in [0.05, 0.1) is 39.6 Å². The van der Waals surface area contributed by atoms with Crippen LogP contribution in [0, 0.1) is 0 Å². The zero-order valence-corrected chi connectivity index (χ0v) is 24.4. The van der Waals surface area contributed by atoms with Crippen molar-refractivity contribution >= 4 is 0 Å². The van der Waals surface area contributed by atoms with Gasteiger partial charge in [-0.3, -0.25) is 0 Å². The maximum Gasteiger partial charge on any atom is 0.238 e. The van der Waals surface area contributed by atoms with Gasteiger partial charge in [-0.15, -0.1) is 0 Å².